The van der Waals surface area contributed by atoms with Crippen LogP contribution in [0.25, 0.3) is 10.3 Å². The summed E-state index contributed by atoms with van der Waals surface area (Å²) in [5.74, 6) is 0.626. The van der Waals surface area contributed by atoms with E-state index >= 15 is 0 Å². The summed E-state index contributed by atoms with van der Waals surface area (Å²) in [6, 6.07) is 8.69. The summed E-state index contributed by atoms with van der Waals surface area (Å²) in [4.78, 5) is 29.6. The fourth-order valence-electron chi connectivity index (χ4n) is 5.14. The number of anilines is 2. The van der Waals surface area contributed by atoms with Crippen molar-refractivity contribution in [1.82, 2.24) is 20.3 Å². The van der Waals surface area contributed by atoms with E-state index in [4.69, 9.17) is 14.5 Å². The lowest BCUT2D eigenvalue weighted by molar-refractivity contribution is 0.0558. The lowest BCUT2D eigenvalue weighted by Crippen LogP contribution is -2.38. The highest BCUT2D eigenvalue weighted by atomic mass is 32.1. The molecule has 3 aromatic rings. The minimum atomic E-state index is -0.145. The Morgan fingerprint density at radius 1 is 1.09 bits per heavy atom. The smallest absolute Gasteiger partial charge is 0.280 e. The van der Waals surface area contributed by atoms with E-state index in [-0.39, 0.29) is 17.4 Å². The average Bonchev–Trinajstić information content (AvgIpc) is 3.41. The van der Waals surface area contributed by atoms with Crippen molar-refractivity contribution in [2.75, 3.05) is 37.9 Å². The molecule has 0 atom stereocenters. The number of benzene rings is 1. The molecule has 166 valence electrons. The maximum absolute atomic E-state index is 12.9. The predicted octanol–water partition coefficient (Wildman–Crippen LogP) is 3.20. The number of ether oxygens (including phenoxy) is 2. The number of hydrogen-bond acceptors (Lipinski definition) is 8. The maximum Gasteiger partial charge on any atom is 0.280 e. The van der Waals surface area contributed by atoms with Gasteiger partial charge < -0.3 is 19.7 Å². The molecule has 2 saturated heterocycles. The van der Waals surface area contributed by atoms with Crippen LogP contribution in [0.4, 0.5) is 11.5 Å². The summed E-state index contributed by atoms with van der Waals surface area (Å²) in [7, 11) is 0. The van der Waals surface area contributed by atoms with Gasteiger partial charge in [-0.2, -0.15) is 0 Å². The predicted molar refractivity (Wildman–Crippen MR) is 122 cm³/mol. The minimum absolute atomic E-state index is 0.0609. The number of aromatic nitrogens is 3. The zero-order valence-electron chi connectivity index (χ0n) is 17.7. The molecule has 0 radical (unpaired) electrons. The van der Waals surface area contributed by atoms with E-state index in [2.05, 4.69) is 44.5 Å². The molecule has 1 aromatic carbocycles. The summed E-state index contributed by atoms with van der Waals surface area (Å²) in [6.07, 6.45) is 5.22. The van der Waals surface area contributed by atoms with Gasteiger partial charge in [0.25, 0.3) is 5.91 Å². The van der Waals surface area contributed by atoms with Crippen LogP contribution in [0.5, 0.6) is 0 Å². The van der Waals surface area contributed by atoms with Gasteiger partial charge in [-0.15, -0.1) is 0 Å². The van der Waals surface area contributed by atoms with Crippen LogP contribution in [0.1, 0.15) is 41.0 Å². The summed E-state index contributed by atoms with van der Waals surface area (Å²) >= 11 is 1.32. The van der Waals surface area contributed by atoms with Crippen LogP contribution < -0.4 is 10.2 Å². The summed E-state index contributed by atoms with van der Waals surface area (Å²) in [5, 5.41) is 3.53. The van der Waals surface area contributed by atoms with Crippen molar-refractivity contribution in [2.45, 2.75) is 37.1 Å². The van der Waals surface area contributed by atoms with Crippen molar-refractivity contribution in [3.63, 3.8) is 0 Å². The number of rotatable bonds is 3. The molecular formula is C23H25N5O3S. The minimum Gasteiger partial charge on any atom is -0.381 e. The zero-order chi connectivity index (χ0) is 21.5. The molecule has 3 aliphatic rings. The topological polar surface area (TPSA) is 89.5 Å². The quantitative estimate of drug-likeness (QED) is 0.654. The molecular weight excluding hydrogens is 426 g/mol. The summed E-state index contributed by atoms with van der Waals surface area (Å²) in [6.45, 7) is 3.75. The number of amides is 1. The van der Waals surface area contributed by atoms with Crippen LogP contribution in [0, 0.1) is 0 Å². The van der Waals surface area contributed by atoms with E-state index in [1.807, 2.05) is 0 Å². The molecule has 0 aliphatic carbocycles. The van der Waals surface area contributed by atoms with Gasteiger partial charge in [-0.1, -0.05) is 29.5 Å². The van der Waals surface area contributed by atoms with E-state index in [1.54, 1.807) is 6.33 Å². The van der Waals surface area contributed by atoms with Gasteiger partial charge in [0.05, 0.1) is 0 Å². The van der Waals surface area contributed by atoms with Gasteiger partial charge in [0, 0.05) is 50.1 Å². The van der Waals surface area contributed by atoms with E-state index in [0.29, 0.717) is 23.7 Å². The summed E-state index contributed by atoms with van der Waals surface area (Å²) < 4.78 is 11.1. The van der Waals surface area contributed by atoms with E-state index in [1.165, 1.54) is 16.9 Å². The van der Waals surface area contributed by atoms with Crippen LogP contribution >= 0.6 is 11.3 Å². The monoisotopic (exact) mass is 451 g/mol. The number of carbonyl (C=O) groups excluding carboxylic acids is 1. The molecule has 32 heavy (non-hydrogen) atoms. The third-order valence-corrected chi connectivity index (χ3v) is 7.82. The molecule has 8 nitrogen and oxygen atoms in total. The second-order valence-electron chi connectivity index (χ2n) is 8.73. The third-order valence-electron chi connectivity index (χ3n) is 6.86. The Labute approximate surface area is 190 Å². The molecule has 1 amide bonds. The van der Waals surface area contributed by atoms with Gasteiger partial charge >= 0.3 is 0 Å². The Kier molecular flexibility index (Phi) is 5.04. The van der Waals surface area contributed by atoms with Gasteiger partial charge in [0.1, 0.15) is 16.7 Å². The number of nitrogens with zero attached hydrogens (tertiary/aromatic N) is 4. The molecule has 2 fully saturated rings. The first-order valence-electron chi connectivity index (χ1n) is 11.2. The van der Waals surface area contributed by atoms with Crippen molar-refractivity contribution in [2.24, 2.45) is 0 Å². The van der Waals surface area contributed by atoms with E-state index < -0.39 is 0 Å². The Balaban J connectivity index is 1.35. The fourth-order valence-corrected chi connectivity index (χ4v) is 5.94. The van der Waals surface area contributed by atoms with Crippen molar-refractivity contribution in [3.05, 3.63) is 41.2 Å². The van der Waals surface area contributed by atoms with Gasteiger partial charge in [0.2, 0.25) is 0 Å². The van der Waals surface area contributed by atoms with Gasteiger partial charge in [0.15, 0.2) is 10.8 Å². The fraction of sp³-hybridized carbons (Fsp3) is 0.478. The van der Waals surface area contributed by atoms with E-state index in [9.17, 15) is 4.79 Å². The molecule has 5 heterocycles. The van der Waals surface area contributed by atoms with Gasteiger partial charge in [-0.05, 0) is 37.3 Å². The molecule has 0 saturated carbocycles. The standard InChI is InChI=1S/C23H25N5O3S/c29-20(26-15-5-9-30-10-6-15)22-27-18-19(24-14-25-21(18)32-22)28-13-23(7-11-31-12-8-23)16-3-1-2-4-17(16)28/h1-4,14-15H,5-13H2,(H,26,29). The van der Waals surface area contributed by atoms with Crippen molar-refractivity contribution >= 4 is 39.1 Å². The third kappa shape index (κ3) is 3.35. The number of hydrogen-bond donors (Lipinski definition) is 1. The number of nitrogens with one attached hydrogen (secondary N) is 1. The molecule has 1 spiro atoms. The van der Waals surface area contributed by atoms with Crippen LogP contribution in [0.15, 0.2) is 30.6 Å². The molecule has 0 bridgehead atoms. The first-order valence-corrected chi connectivity index (χ1v) is 12.0. The van der Waals surface area contributed by atoms with Crippen molar-refractivity contribution < 1.29 is 14.3 Å². The van der Waals surface area contributed by atoms with Crippen LogP contribution in [-0.4, -0.2) is 59.9 Å². The SMILES string of the molecule is O=C(NC1CCOCC1)c1nc2c(N3CC4(CCOCC4)c4ccccc43)ncnc2s1. The highest BCUT2D eigenvalue weighted by Gasteiger charge is 2.44. The van der Waals surface area contributed by atoms with Crippen molar-refractivity contribution in [3.8, 4) is 0 Å². The largest absolute Gasteiger partial charge is 0.381 e. The normalized spacial score (nSPS) is 20.6. The van der Waals surface area contributed by atoms with Crippen LogP contribution in [-0.2, 0) is 14.9 Å². The second-order valence-corrected chi connectivity index (χ2v) is 9.70. The molecule has 3 aliphatic heterocycles. The Morgan fingerprint density at radius 2 is 1.88 bits per heavy atom. The lowest BCUT2D eigenvalue weighted by Gasteiger charge is -2.34. The second kappa shape index (κ2) is 8.06. The highest BCUT2D eigenvalue weighted by Crippen LogP contribution is 2.49. The maximum atomic E-state index is 12.9. The first-order chi connectivity index (χ1) is 15.7. The van der Waals surface area contributed by atoms with Gasteiger partial charge in [-0.25, -0.2) is 15.0 Å². The molecule has 6 rings (SSSR count). The summed E-state index contributed by atoms with van der Waals surface area (Å²) in [5.41, 5.74) is 3.26. The van der Waals surface area contributed by atoms with Crippen LogP contribution in [0.3, 0.4) is 0 Å². The zero-order valence-corrected chi connectivity index (χ0v) is 18.6. The molecule has 2 aromatic heterocycles. The first kappa shape index (κ1) is 20.0. The highest BCUT2D eigenvalue weighted by molar-refractivity contribution is 7.20. The van der Waals surface area contributed by atoms with Crippen molar-refractivity contribution in [1.29, 1.82) is 0 Å². The molecule has 1 N–H and O–H groups in total. The Hall–Kier alpha value is -2.62. The Bertz CT molecular complexity index is 1150. The van der Waals surface area contributed by atoms with E-state index in [0.717, 1.165) is 61.8 Å². The Morgan fingerprint density at radius 3 is 2.72 bits per heavy atom. The molecule has 9 heteroatoms. The average molecular weight is 452 g/mol. The van der Waals surface area contributed by atoms with Crippen LogP contribution in [0.2, 0.25) is 0 Å². The van der Waals surface area contributed by atoms with Gasteiger partial charge in [-0.3, -0.25) is 4.79 Å². The number of carbonyl (C=O) groups is 1. The number of thiazole rings is 1. The number of para-hydroxylation sites is 1. The molecule has 0 unspecified atom stereocenters. The lowest BCUT2D eigenvalue weighted by atomic mass is 9.76. The number of fused-ring (bicyclic) bond motifs is 3.